The zero-order chi connectivity index (χ0) is 16.8. The van der Waals surface area contributed by atoms with Gasteiger partial charge in [0.05, 0.1) is 6.04 Å². The Bertz CT molecular complexity index is 499. The highest BCUT2D eigenvalue weighted by Gasteiger charge is 2.26. The van der Waals surface area contributed by atoms with Crippen LogP contribution in [-0.2, 0) is 11.3 Å². The molecule has 144 valence electrons. The molecule has 6 heteroatoms. The topological polar surface area (TPSA) is 49.6 Å². The van der Waals surface area contributed by atoms with Gasteiger partial charge in [0, 0.05) is 32.2 Å². The van der Waals surface area contributed by atoms with Crippen molar-refractivity contribution in [1.29, 1.82) is 0 Å². The van der Waals surface area contributed by atoms with Crippen LogP contribution in [0.1, 0.15) is 39.2 Å². The molecule has 2 rings (SSSR count). The van der Waals surface area contributed by atoms with E-state index in [9.17, 15) is 4.79 Å². The number of hydrogen-bond donors (Lipinski definition) is 1. The van der Waals surface area contributed by atoms with Crippen molar-refractivity contribution >= 4 is 30.7 Å². The van der Waals surface area contributed by atoms with E-state index in [1.807, 2.05) is 11.0 Å². The van der Waals surface area contributed by atoms with Crippen LogP contribution in [0.15, 0.2) is 30.3 Å². The summed E-state index contributed by atoms with van der Waals surface area (Å²) >= 11 is 0. The molecule has 0 saturated carbocycles. The molecule has 1 aromatic carbocycles. The van der Waals surface area contributed by atoms with Crippen LogP contribution in [0, 0.1) is 5.92 Å². The maximum absolute atomic E-state index is 12.5. The van der Waals surface area contributed by atoms with Crippen molar-refractivity contribution in [3.8, 4) is 0 Å². The maximum Gasteiger partial charge on any atom is 0.239 e. The molecule has 1 saturated heterocycles. The van der Waals surface area contributed by atoms with Gasteiger partial charge in [0.1, 0.15) is 0 Å². The highest BCUT2D eigenvalue weighted by molar-refractivity contribution is 5.85. The second kappa shape index (κ2) is 11.7. The third-order valence-corrected chi connectivity index (χ3v) is 4.68. The van der Waals surface area contributed by atoms with Crippen molar-refractivity contribution in [2.24, 2.45) is 11.7 Å². The molecule has 0 bridgehead atoms. The number of carbonyl (C=O) groups is 1. The number of rotatable bonds is 5. The molecule has 2 atom stereocenters. The van der Waals surface area contributed by atoms with Gasteiger partial charge in [-0.1, -0.05) is 44.2 Å². The van der Waals surface area contributed by atoms with E-state index < -0.39 is 0 Å². The van der Waals surface area contributed by atoms with Crippen LogP contribution in [0.2, 0.25) is 0 Å². The van der Waals surface area contributed by atoms with Crippen LogP contribution in [-0.4, -0.2) is 47.4 Å². The first kappa shape index (κ1) is 24.2. The summed E-state index contributed by atoms with van der Waals surface area (Å²) in [6.07, 6.45) is 1.77. The predicted molar refractivity (Wildman–Crippen MR) is 109 cm³/mol. The predicted octanol–water partition coefficient (Wildman–Crippen LogP) is 3.33. The van der Waals surface area contributed by atoms with Gasteiger partial charge in [0.25, 0.3) is 0 Å². The Morgan fingerprint density at radius 2 is 1.80 bits per heavy atom. The van der Waals surface area contributed by atoms with E-state index >= 15 is 0 Å². The van der Waals surface area contributed by atoms with E-state index in [1.165, 1.54) is 5.56 Å². The number of nitrogens with two attached hydrogens (primary N) is 1. The molecule has 0 spiro atoms. The van der Waals surface area contributed by atoms with E-state index in [1.54, 1.807) is 0 Å². The minimum atomic E-state index is -0.356. The van der Waals surface area contributed by atoms with Gasteiger partial charge >= 0.3 is 0 Å². The molecule has 1 amide bonds. The van der Waals surface area contributed by atoms with Gasteiger partial charge in [-0.2, -0.15) is 0 Å². The molecule has 0 aromatic heterocycles. The van der Waals surface area contributed by atoms with Crippen molar-refractivity contribution in [3.63, 3.8) is 0 Å². The minimum absolute atomic E-state index is 0. The zero-order valence-electron chi connectivity index (χ0n) is 15.6. The second-order valence-electron chi connectivity index (χ2n) is 7.16. The van der Waals surface area contributed by atoms with Gasteiger partial charge in [0.2, 0.25) is 5.91 Å². The second-order valence-corrected chi connectivity index (χ2v) is 7.16. The lowest BCUT2D eigenvalue weighted by atomic mass is 10.0. The number of hydrogen-bond acceptors (Lipinski definition) is 3. The number of amides is 1. The standard InChI is InChI=1S/C19H31N3O.2ClH/c1-15(2)13-18(20)19(23)21-10-9-16(3)22(12-11-21)14-17-7-5-4-6-8-17;;/h4-8,15-16,18H,9-14,20H2,1-3H3;2*1H/t16?,18-;;/m0../s1. The molecule has 1 fully saturated rings. The first-order chi connectivity index (χ1) is 11.0. The van der Waals surface area contributed by atoms with Crippen molar-refractivity contribution in [1.82, 2.24) is 9.80 Å². The lowest BCUT2D eigenvalue weighted by Gasteiger charge is -2.26. The summed E-state index contributed by atoms with van der Waals surface area (Å²) in [6, 6.07) is 10.7. The van der Waals surface area contributed by atoms with Crippen molar-refractivity contribution in [3.05, 3.63) is 35.9 Å². The molecule has 4 nitrogen and oxygen atoms in total. The number of halogens is 2. The fraction of sp³-hybridized carbons (Fsp3) is 0.632. The van der Waals surface area contributed by atoms with Crippen LogP contribution in [0.4, 0.5) is 0 Å². The van der Waals surface area contributed by atoms with Gasteiger partial charge in [-0.25, -0.2) is 0 Å². The number of carbonyl (C=O) groups excluding carboxylic acids is 1. The Balaban J connectivity index is 0.00000288. The molecular formula is C19H33Cl2N3O. The number of benzene rings is 1. The van der Waals surface area contributed by atoms with Gasteiger partial charge in [-0.05, 0) is 31.2 Å². The molecular weight excluding hydrogens is 357 g/mol. The monoisotopic (exact) mass is 389 g/mol. The van der Waals surface area contributed by atoms with E-state index in [0.717, 1.165) is 39.0 Å². The van der Waals surface area contributed by atoms with Crippen LogP contribution < -0.4 is 5.73 Å². The van der Waals surface area contributed by atoms with Crippen LogP contribution in [0.5, 0.6) is 0 Å². The summed E-state index contributed by atoms with van der Waals surface area (Å²) in [6.45, 7) is 9.93. The van der Waals surface area contributed by atoms with Crippen LogP contribution >= 0.6 is 24.8 Å². The highest BCUT2D eigenvalue weighted by Crippen LogP contribution is 2.16. The first-order valence-corrected chi connectivity index (χ1v) is 8.79. The minimum Gasteiger partial charge on any atom is -0.340 e. The van der Waals surface area contributed by atoms with Crippen LogP contribution in [0.3, 0.4) is 0 Å². The average Bonchev–Trinajstić information content (AvgIpc) is 2.70. The van der Waals surface area contributed by atoms with Gasteiger partial charge in [0.15, 0.2) is 0 Å². The van der Waals surface area contributed by atoms with Gasteiger partial charge in [-0.3, -0.25) is 9.69 Å². The summed E-state index contributed by atoms with van der Waals surface area (Å²) in [4.78, 5) is 17.0. The van der Waals surface area contributed by atoms with Crippen molar-refractivity contribution in [2.75, 3.05) is 19.6 Å². The van der Waals surface area contributed by atoms with Gasteiger partial charge in [-0.15, -0.1) is 24.8 Å². The summed E-state index contributed by atoms with van der Waals surface area (Å²) in [5.74, 6) is 0.571. The van der Waals surface area contributed by atoms with Gasteiger partial charge < -0.3 is 10.6 Å². The Morgan fingerprint density at radius 1 is 1.16 bits per heavy atom. The summed E-state index contributed by atoms with van der Waals surface area (Å²) < 4.78 is 0. The van der Waals surface area contributed by atoms with E-state index in [2.05, 4.69) is 49.9 Å². The Kier molecular flexibility index (Phi) is 11.4. The van der Waals surface area contributed by atoms with Crippen LogP contribution in [0.25, 0.3) is 0 Å². The molecule has 1 aliphatic rings. The van der Waals surface area contributed by atoms with E-state index in [-0.39, 0.29) is 36.8 Å². The molecule has 0 radical (unpaired) electrons. The summed E-state index contributed by atoms with van der Waals surface area (Å²) in [5, 5.41) is 0. The zero-order valence-corrected chi connectivity index (χ0v) is 17.2. The van der Waals surface area contributed by atoms with Crippen molar-refractivity contribution < 1.29 is 4.79 Å². The Morgan fingerprint density at radius 3 is 2.40 bits per heavy atom. The molecule has 1 heterocycles. The normalized spacial score (nSPS) is 19.6. The molecule has 1 aliphatic heterocycles. The average molecular weight is 390 g/mol. The third kappa shape index (κ3) is 7.53. The summed E-state index contributed by atoms with van der Waals surface area (Å²) in [5.41, 5.74) is 7.42. The van der Waals surface area contributed by atoms with E-state index in [4.69, 9.17) is 5.73 Å². The molecule has 1 aromatic rings. The first-order valence-electron chi connectivity index (χ1n) is 8.79. The third-order valence-electron chi connectivity index (χ3n) is 4.68. The highest BCUT2D eigenvalue weighted by atomic mass is 35.5. The smallest absolute Gasteiger partial charge is 0.239 e. The lowest BCUT2D eigenvalue weighted by Crippen LogP contribution is -2.45. The largest absolute Gasteiger partial charge is 0.340 e. The lowest BCUT2D eigenvalue weighted by molar-refractivity contribution is -0.132. The molecule has 0 aliphatic carbocycles. The maximum atomic E-state index is 12.5. The SMILES string of the molecule is CC(C)C[C@H](N)C(=O)N1CCC(C)N(Cc2ccccc2)CC1.Cl.Cl. The van der Waals surface area contributed by atoms with Crippen molar-refractivity contribution in [2.45, 2.75) is 52.2 Å². The molecule has 25 heavy (non-hydrogen) atoms. The summed E-state index contributed by atoms with van der Waals surface area (Å²) in [7, 11) is 0. The number of nitrogens with zero attached hydrogens (tertiary/aromatic N) is 2. The Hall–Kier alpha value is -0.810. The molecule has 2 N–H and O–H groups in total. The van der Waals surface area contributed by atoms with E-state index in [0.29, 0.717) is 12.0 Å². The quantitative estimate of drug-likeness (QED) is 0.839. The fourth-order valence-electron chi connectivity index (χ4n) is 3.22. The Labute approximate surface area is 164 Å². The fourth-order valence-corrected chi connectivity index (χ4v) is 3.22. The molecule has 1 unspecified atom stereocenters.